The summed E-state index contributed by atoms with van der Waals surface area (Å²) in [6.07, 6.45) is 3.35. The minimum atomic E-state index is 0.0322. The highest BCUT2D eigenvalue weighted by Crippen LogP contribution is 2.24. The fraction of sp³-hybridized carbons (Fsp3) is 0.667. The molecule has 0 saturated carbocycles. The molecule has 0 radical (unpaired) electrons. The first-order chi connectivity index (χ1) is 8.78. The van der Waals surface area contributed by atoms with Gasteiger partial charge in [-0.1, -0.05) is 13.3 Å². The van der Waals surface area contributed by atoms with E-state index in [1.54, 1.807) is 0 Å². The van der Waals surface area contributed by atoms with Gasteiger partial charge in [-0.25, -0.2) is 9.97 Å². The van der Waals surface area contributed by atoms with E-state index in [-0.39, 0.29) is 13.2 Å². The minimum Gasteiger partial charge on any atom is -0.395 e. The molecule has 1 aromatic rings. The Bertz CT molecular complexity index is 354. The third kappa shape index (κ3) is 3.54. The predicted molar refractivity (Wildman–Crippen MR) is 72.0 cm³/mol. The van der Waals surface area contributed by atoms with Gasteiger partial charge in [-0.2, -0.15) is 0 Å². The Morgan fingerprint density at radius 3 is 2.39 bits per heavy atom. The summed E-state index contributed by atoms with van der Waals surface area (Å²) in [4.78, 5) is 10.4. The van der Waals surface area contributed by atoms with E-state index >= 15 is 0 Å². The van der Waals surface area contributed by atoms with Crippen LogP contribution < -0.4 is 10.2 Å². The lowest BCUT2D eigenvalue weighted by molar-refractivity contribution is 0.280. The molecule has 0 saturated heterocycles. The van der Waals surface area contributed by atoms with Crippen molar-refractivity contribution < 1.29 is 10.2 Å². The lowest BCUT2D eigenvalue weighted by atomic mass is 10.1. The van der Waals surface area contributed by atoms with Crippen LogP contribution in [0.3, 0.4) is 0 Å². The second-order valence-electron chi connectivity index (χ2n) is 3.96. The van der Waals surface area contributed by atoms with Crippen molar-refractivity contribution in [1.82, 2.24) is 9.97 Å². The Morgan fingerprint density at radius 1 is 1.22 bits per heavy atom. The standard InChI is InChI=1S/C12H22N4O2/c1-3-4-10-11(13-2)14-9-15-12(10)16(5-7-17)6-8-18/h9,17-18H,3-8H2,1-2H3,(H,13,14,15). The molecule has 0 bridgehead atoms. The highest BCUT2D eigenvalue weighted by molar-refractivity contribution is 5.58. The lowest BCUT2D eigenvalue weighted by Crippen LogP contribution is -2.31. The number of hydrogen-bond donors (Lipinski definition) is 3. The van der Waals surface area contributed by atoms with Gasteiger partial charge in [0.1, 0.15) is 18.0 Å². The summed E-state index contributed by atoms with van der Waals surface area (Å²) >= 11 is 0. The molecule has 1 rings (SSSR count). The van der Waals surface area contributed by atoms with E-state index in [9.17, 15) is 0 Å². The fourth-order valence-electron chi connectivity index (χ4n) is 1.94. The monoisotopic (exact) mass is 254 g/mol. The fourth-order valence-corrected chi connectivity index (χ4v) is 1.94. The SMILES string of the molecule is CCCc1c(NC)ncnc1N(CCO)CCO. The van der Waals surface area contributed by atoms with E-state index in [1.165, 1.54) is 6.33 Å². The van der Waals surface area contributed by atoms with Crippen LogP contribution >= 0.6 is 0 Å². The summed E-state index contributed by atoms with van der Waals surface area (Å²) in [5.74, 6) is 1.60. The normalized spacial score (nSPS) is 10.4. The molecule has 0 amide bonds. The molecular weight excluding hydrogens is 232 g/mol. The molecule has 0 aliphatic heterocycles. The van der Waals surface area contributed by atoms with Gasteiger partial charge in [0.2, 0.25) is 0 Å². The van der Waals surface area contributed by atoms with Crippen molar-refractivity contribution in [2.24, 2.45) is 0 Å². The molecule has 0 unspecified atom stereocenters. The van der Waals surface area contributed by atoms with Crippen LogP contribution in [0.2, 0.25) is 0 Å². The number of nitrogens with zero attached hydrogens (tertiary/aromatic N) is 3. The first kappa shape index (κ1) is 14.7. The first-order valence-electron chi connectivity index (χ1n) is 6.26. The quantitative estimate of drug-likeness (QED) is 0.617. The molecule has 3 N–H and O–H groups in total. The molecule has 0 atom stereocenters. The van der Waals surface area contributed by atoms with E-state index in [4.69, 9.17) is 10.2 Å². The molecule has 18 heavy (non-hydrogen) atoms. The molecule has 0 spiro atoms. The van der Waals surface area contributed by atoms with Gasteiger partial charge in [0.25, 0.3) is 0 Å². The molecular formula is C12H22N4O2. The molecule has 102 valence electrons. The number of aliphatic hydroxyl groups excluding tert-OH is 2. The van der Waals surface area contributed by atoms with Crippen LogP contribution in [0.4, 0.5) is 11.6 Å². The summed E-state index contributed by atoms with van der Waals surface area (Å²) < 4.78 is 0. The smallest absolute Gasteiger partial charge is 0.137 e. The Kier molecular flexibility index (Phi) is 6.38. The number of hydrogen-bond acceptors (Lipinski definition) is 6. The van der Waals surface area contributed by atoms with Crippen LogP contribution in [0, 0.1) is 0 Å². The molecule has 6 nitrogen and oxygen atoms in total. The van der Waals surface area contributed by atoms with Gasteiger partial charge < -0.3 is 20.4 Å². The summed E-state index contributed by atoms with van der Waals surface area (Å²) in [5, 5.41) is 21.2. The minimum absolute atomic E-state index is 0.0322. The van der Waals surface area contributed by atoms with Crippen LogP contribution in [0.15, 0.2) is 6.33 Å². The van der Waals surface area contributed by atoms with Gasteiger partial charge in [0.15, 0.2) is 0 Å². The summed E-state index contributed by atoms with van der Waals surface area (Å²) in [6, 6.07) is 0. The Balaban J connectivity index is 3.09. The maximum atomic E-state index is 9.09. The van der Waals surface area contributed by atoms with Crippen LogP contribution in [-0.2, 0) is 6.42 Å². The van der Waals surface area contributed by atoms with Gasteiger partial charge in [0.05, 0.1) is 13.2 Å². The van der Waals surface area contributed by atoms with Gasteiger partial charge in [-0.3, -0.25) is 0 Å². The average molecular weight is 254 g/mol. The lowest BCUT2D eigenvalue weighted by Gasteiger charge is -2.25. The highest BCUT2D eigenvalue weighted by Gasteiger charge is 2.15. The number of rotatable bonds is 8. The summed E-state index contributed by atoms with van der Waals surface area (Å²) in [7, 11) is 1.83. The topological polar surface area (TPSA) is 81.5 Å². The maximum Gasteiger partial charge on any atom is 0.137 e. The molecule has 0 aromatic carbocycles. The average Bonchev–Trinajstić information content (AvgIpc) is 2.39. The van der Waals surface area contributed by atoms with Gasteiger partial charge >= 0.3 is 0 Å². The predicted octanol–water partition coefficient (Wildman–Crippen LogP) is 0.262. The molecule has 0 aliphatic carbocycles. The first-order valence-corrected chi connectivity index (χ1v) is 6.26. The molecule has 0 aliphatic rings. The zero-order valence-corrected chi connectivity index (χ0v) is 11.1. The van der Waals surface area contributed by atoms with E-state index in [0.29, 0.717) is 13.1 Å². The van der Waals surface area contributed by atoms with Gasteiger partial charge in [-0.05, 0) is 6.42 Å². The summed E-state index contributed by atoms with van der Waals surface area (Å²) in [6.45, 7) is 3.07. The number of aliphatic hydroxyl groups is 2. The second kappa shape index (κ2) is 7.84. The Hall–Kier alpha value is -1.40. The van der Waals surface area contributed by atoms with Gasteiger partial charge in [0, 0.05) is 25.7 Å². The molecule has 1 heterocycles. The highest BCUT2D eigenvalue weighted by atomic mass is 16.3. The van der Waals surface area contributed by atoms with E-state index in [1.807, 2.05) is 11.9 Å². The largest absolute Gasteiger partial charge is 0.395 e. The Labute approximate surface area is 108 Å². The van der Waals surface area contributed by atoms with E-state index < -0.39 is 0 Å². The molecule has 6 heteroatoms. The van der Waals surface area contributed by atoms with Crippen molar-refractivity contribution in [3.05, 3.63) is 11.9 Å². The number of anilines is 2. The number of nitrogens with one attached hydrogen (secondary N) is 1. The molecule has 0 fully saturated rings. The van der Waals surface area contributed by atoms with Crippen molar-refractivity contribution >= 4 is 11.6 Å². The van der Waals surface area contributed by atoms with E-state index in [2.05, 4.69) is 22.2 Å². The molecule has 1 aromatic heterocycles. The Morgan fingerprint density at radius 2 is 1.89 bits per heavy atom. The third-order valence-electron chi connectivity index (χ3n) is 2.70. The van der Waals surface area contributed by atoms with Crippen molar-refractivity contribution in [3.63, 3.8) is 0 Å². The number of aromatic nitrogens is 2. The zero-order valence-electron chi connectivity index (χ0n) is 11.1. The third-order valence-corrected chi connectivity index (χ3v) is 2.70. The summed E-state index contributed by atoms with van der Waals surface area (Å²) in [5.41, 5.74) is 1.03. The van der Waals surface area contributed by atoms with Crippen LogP contribution in [-0.4, -0.2) is 53.5 Å². The zero-order chi connectivity index (χ0) is 13.4. The maximum absolute atomic E-state index is 9.09. The van der Waals surface area contributed by atoms with Crippen LogP contribution in [0.5, 0.6) is 0 Å². The van der Waals surface area contributed by atoms with E-state index in [0.717, 1.165) is 30.0 Å². The second-order valence-corrected chi connectivity index (χ2v) is 3.96. The van der Waals surface area contributed by atoms with Crippen molar-refractivity contribution in [2.45, 2.75) is 19.8 Å². The van der Waals surface area contributed by atoms with Crippen molar-refractivity contribution in [2.75, 3.05) is 43.6 Å². The van der Waals surface area contributed by atoms with Crippen LogP contribution in [0.25, 0.3) is 0 Å². The van der Waals surface area contributed by atoms with Crippen molar-refractivity contribution in [3.8, 4) is 0 Å². The van der Waals surface area contributed by atoms with Gasteiger partial charge in [-0.15, -0.1) is 0 Å². The van der Waals surface area contributed by atoms with Crippen LogP contribution in [0.1, 0.15) is 18.9 Å². The van der Waals surface area contributed by atoms with Crippen molar-refractivity contribution in [1.29, 1.82) is 0 Å².